The summed E-state index contributed by atoms with van der Waals surface area (Å²) >= 11 is 6.13. The first-order valence-electron chi connectivity index (χ1n) is 5.66. The van der Waals surface area contributed by atoms with E-state index >= 15 is 0 Å². The van der Waals surface area contributed by atoms with Gasteiger partial charge in [0.15, 0.2) is 0 Å². The minimum atomic E-state index is 0.339. The quantitative estimate of drug-likeness (QED) is 0.887. The molecule has 1 aromatic heterocycles. The van der Waals surface area contributed by atoms with Crippen LogP contribution in [-0.2, 0) is 6.42 Å². The molecule has 4 heteroatoms. The van der Waals surface area contributed by atoms with Gasteiger partial charge in [-0.05, 0) is 30.0 Å². The predicted molar refractivity (Wildman–Crippen MR) is 66.8 cm³/mol. The first-order valence-corrected chi connectivity index (χ1v) is 6.03. The number of nitrogens with zero attached hydrogens (tertiary/aromatic N) is 1. The number of rotatable bonds is 2. The topological polar surface area (TPSA) is 37.9 Å². The summed E-state index contributed by atoms with van der Waals surface area (Å²) in [6.07, 6.45) is 5.70. The Hall–Kier alpha value is -1.48. The molecule has 3 nitrogen and oxygen atoms in total. The minimum absolute atomic E-state index is 0.339. The molecular weight excluding hydrogens is 236 g/mol. The largest absolute Gasteiger partial charge is 0.495 e. The van der Waals surface area contributed by atoms with Gasteiger partial charge in [0.2, 0.25) is 0 Å². The number of hydrogen-bond donors (Lipinski definition) is 1. The lowest BCUT2D eigenvalue weighted by Crippen LogP contribution is -1.99. The Bertz CT molecular complexity index is 537. The van der Waals surface area contributed by atoms with Crippen molar-refractivity contribution in [3.05, 3.63) is 46.5 Å². The number of nitrogens with one attached hydrogen (secondary N) is 1. The van der Waals surface area contributed by atoms with Crippen molar-refractivity contribution in [1.29, 1.82) is 0 Å². The summed E-state index contributed by atoms with van der Waals surface area (Å²) in [5, 5.41) is 0.686. The van der Waals surface area contributed by atoms with E-state index in [9.17, 15) is 0 Å². The third-order valence-corrected chi connectivity index (χ3v) is 3.66. The van der Waals surface area contributed by atoms with Gasteiger partial charge in [-0.25, -0.2) is 4.98 Å². The van der Waals surface area contributed by atoms with E-state index in [-0.39, 0.29) is 0 Å². The molecule has 0 radical (unpaired) electrons. The van der Waals surface area contributed by atoms with E-state index in [1.165, 1.54) is 11.1 Å². The number of H-pyrrole nitrogens is 1. The summed E-state index contributed by atoms with van der Waals surface area (Å²) in [6, 6.07) is 3.99. The number of fused-ring (bicyclic) bond motifs is 1. The monoisotopic (exact) mass is 248 g/mol. The van der Waals surface area contributed by atoms with Crippen LogP contribution >= 0.6 is 11.6 Å². The van der Waals surface area contributed by atoms with E-state index in [0.717, 1.165) is 24.4 Å². The molecule has 1 unspecified atom stereocenters. The van der Waals surface area contributed by atoms with E-state index in [0.29, 0.717) is 10.9 Å². The van der Waals surface area contributed by atoms with E-state index in [1.54, 1.807) is 13.3 Å². The second kappa shape index (κ2) is 4.08. The molecule has 0 aliphatic heterocycles. The Kier molecular flexibility index (Phi) is 2.56. The maximum Gasteiger partial charge on any atom is 0.140 e. The summed E-state index contributed by atoms with van der Waals surface area (Å²) in [7, 11) is 1.67. The molecule has 1 aliphatic rings. The maximum atomic E-state index is 6.13. The summed E-state index contributed by atoms with van der Waals surface area (Å²) in [4.78, 5) is 7.53. The average Bonchev–Trinajstić information content (AvgIpc) is 2.96. The fraction of sp³-hybridized carbons (Fsp3) is 0.308. The zero-order chi connectivity index (χ0) is 11.8. The molecule has 0 spiro atoms. The van der Waals surface area contributed by atoms with Gasteiger partial charge in [0.25, 0.3) is 0 Å². The van der Waals surface area contributed by atoms with Crippen molar-refractivity contribution in [2.75, 3.05) is 7.11 Å². The van der Waals surface area contributed by atoms with Crippen LogP contribution in [0, 0.1) is 0 Å². The number of benzene rings is 1. The average molecular weight is 249 g/mol. The molecule has 0 bridgehead atoms. The fourth-order valence-corrected chi connectivity index (χ4v) is 2.87. The predicted octanol–water partition coefficient (Wildman–Crippen LogP) is 3.15. The summed E-state index contributed by atoms with van der Waals surface area (Å²) in [5.41, 5.74) is 2.50. The van der Waals surface area contributed by atoms with Gasteiger partial charge >= 0.3 is 0 Å². The van der Waals surface area contributed by atoms with Crippen molar-refractivity contribution < 1.29 is 4.74 Å². The number of aromatic nitrogens is 2. The molecule has 0 saturated heterocycles. The van der Waals surface area contributed by atoms with Gasteiger partial charge in [-0.15, -0.1) is 0 Å². The number of halogens is 1. The summed E-state index contributed by atoms with van der Waals surface area (Å²) < 4.78 is 5.39. The molecule has 1 aromatic carbocycles. The molecule has 0 fully saturated rings. The normalized spacial score (nSPS) is 18.1. The summed E-state index contributed by atoms with van der Waals surface area (Å²) in [5.74, 6) is 2.18. The lowest BCUT2D eigenvalue weighted by atomic mass is 10.0. The van der Waals surface area contributed by atoms with Crippen LogP contribution in [0.5, 0.6) is 5.75 Å². The SMILES string of the molecule is COc1c(Cl)ccc2c1CCC2c1ncc[nH]1. The van der Waals surface area contributed by atoms with Gasteiger partial charge in [-0.1, -0.05) is 17.7 Å². The number of ether oxygens (including phenoxy) is 1. The van der Waals surface area contributed by atoms with E-state index in [1.807, 2.05) is 12.3 Å². The Morgan fingerprint density at radius 3 is 3.06 bits per heavy atom. The number of imidazole rings is 1. The van der Waals surface area contributed by atoms with Crippen molar-refractivity contribution in [1.82, 2.24) is 9.97 Å². The second-order valence-corrected chi connectivity index (χ2v) is 4.62. The van der Waals surface area contributed by atoms with E-state index < -0.39 is 0 Å². The highest BCUT2D eigenvalue weighted by Crippen LogP contribution is 2.43. The maximum absolute atomic E-state index is 6.13. The number of aromatic amines is 1. The van der Waals surface area contributed by atoms with Crippen molar-refractivity contribution in [2.24, 2.45) is 0 Å². The lowest BCUT2D eigenvalue weighted by Gasteiger charge is -2.11. The molecule has 88 valence electrons. The number of methoxy groups -OCH3 is 1. The highest BCUT2D eigenvalue weighted by Gasteiger charge is 2.29. The van der Waals surface area contributed by atoms with Crippen LogP contribution in [0.4, 0.5) is 0 Å². The van der Waals surface area contributed by atoms with Gasteiger partial charge in [0.1, 0.15) is 11.6 Å². The molecule has 1 heterocycles. The molecular formula is C13H13ClN2O. The van der Waals surface area contributed by atoms with Gasteiger partial charge in [-0.2, -0.15) is 0 Å². The van der Waals surface area contributed by atoms with Crippen molar-refractivity contribution in [3.63, 3.8) is 0 Å². The Morgan fingerprint density at radius 1 is 1.47 bits per heavy atom. The number of hydrogen-bond acceptors (Lipinski definition) is 2. The highest BCUT2D eigenvalue weighted by atomic mass is 35.5. The summed E-state index contributed by atoms with van der Waals surface area (Å²) in [6.45, 7) is 0. The van der Waals surface area contributed by atoms with Crippen LogP contribution in [0.3, 0.4) is 0 Å². The first-order chi connectivity index (χ1) is 8.31. The zero-order valence-electron chi connectivity index (χ0n) is 9.53. The van der Waals surface area contributed by atoms with E-state index in [2.05, 4.69) is 16.0 Å². The zero-order valence-corrected chi connectivity index (χ0v) is 10.3. The Morgan fingerprint density at radius 2 is 2.35 bits per heavy atom. The third kappa shape index (κ3) is 1.62. The molecule has 2 aromatic rings. The van der Waals surface area contributed by atoms with E-state index in [4.69, 9.17) is 16.3 Å². The standard InChI is InChI=1S/C13H13ClN2O/c1-17-12-9-2-3-10(13-15-6-7-16-13)8(9)4-5-11(12)14/h4-7,10H,2-3H2,1H3,(H,15,16). The van der Waals surface area contributed by atoms with Crippen molar-refractivity contribution >= 4 is 11.6 Å². The van der Waals surface area contributed by atoms with Gasteiger partial charge in [0, 0.05) is 18.3 Å². The van der Waals surface area contributed by atoms with Crippen LogP contribution in [0.1, 0.15) is 29.3 Å². The van der Waals surface area contributed by atoms with Crippen molar-refractivity contribution in [3.8, 4) is 5.75 Å². The van der Waals surface area contributed by atoms with Gasteiger partial charge in [0.05, 0.1) is 12.1 Å². The second-order valence-electron chi connectivity index (χ2n) is 4.21. The highest BCUT2D eigenvalue weighted by molar-refractivity contribution is 6.32. The molecule has 1 aliphatic carbocycles. The minimum Gasteiger partial charge on any atom is -0.495 e. The molecule has 17 heavy (non-hydrogen) atoms. The molecule has 3 rings (SSSR count). The van der Waals surface area contributed by atoms with Crippen molar-refractivity contribution in [2.45, 2.75) is 18.8 Å². The van der Waals surface area contributed by atoms with Crippen LogP contribution in [0.2, 0.25) is 5.02 Å². The van der Waals surface area contributed by atoms with Gasteiger partial charge < -0.3 is 9.72 Å². The van der Waals surface area contributed by atoms with Crippen LogP contribution < -0.4 is 4.74 Å². The van der Waals surface area contributed by atoms with Crippen LogP contribution in [0.15, 0.2) is 24.5 Å². The molecule has 1 N–H and O–H groups in total. The Balaban J connectivity index is 2.09. The smallest absolute Gasteiger partial charge is 0.140 e. The first kappa shape index (κ1) is 10.7. The molecule has 1 atom stereocenters. The lowest BCUT2D eigenvalue weighted by molar-refractivity contribution is 0.410. The molecule has 0 amide bonds. The van der Waals surface area contributed by atoms with Crippen LogP contribution in [0.25, 0.3) is 0 Å². The third-order valence-electron chi connectivity index (χ3n) is 3.36. The molecule has 0 saturated carbocycles. The van der Waals surface area contributed by atoms with Crippen LogP contribution in [-0.4, -0.2) is 17.1 Å². The Labute approximate surface area is 105 Å². The fourth-order valence-electron chi connectivity index (χ4n) is 2.62. The van der Waals surface area contributed by atoms with Gasteiger partial charge in [-0.3, -0.25) is 0 Å².